The number of hydrogen-bond donors (Lipinski definition) is 7. The number of aliphatic carboxylic acids is 1. The van der Waals surface area contributed by atoms with Crippen molar-refractivity contribution in [2.24, 2.45) is 34.7 Å². The molecule has 4 aliphatic heterocycles. The van der Waals surface area contributed by atoms with Crippen LogP contribution in [0.25, 0.3) is 0 Å². The molecule has 0 amide bonds. The van der Waals surface area contributed by atoms with Gasteiger partial charge in [-0.3, -0.25) is 19.2 Å². The lowest BCUT2D eigenvalue weighted by Gasteiger charge is -2.49. The molecule has 19 atom stereocenters. The summed E-state index contributed by atoms with van der Waals surface area (Å²) in [5.74, 6) is -7.82. The molecule has 25 heteroatoms. The second-order valence-corrected chi connectivity index (χ2v) is 25.0. The highest BCUT2D eigenvalue weighted by molar-refractivity contribution is 6.34. The van der Waals surface area contributed by atoms with E-state index >= 15 is 0 Å². The number of aliphatic hydroxyl groups is 4. The first-order valence-corrected chi connectivity index (χ1v) is 30.0. The molecule has 4 fully saturated rings. The van der Waals surface area contributed by atoms with Crippen molar-refractivity contribution in [3.8, 4) is 0 Å². The predicted octanol–water partition coefficient (Wildman–Crippen LogP) is 4.37. The summed E-state index contributed by atoms with van der Waals surface area (Å²) < 4.78 is 55.6. The van der Waals surface area contributed by atoms with Crippen molar-refractivity contribution >= 4 is 52.4 Å². The number of ketones is 1. The normalized spacial score (nSPS) is 37.8. The Labute approximate surface area is 499 Å². The molecule has 3 unspecified atom stereocenters. The minimum atomic E-state index is -2.04. The molecule has 1 aromatic rings. The highest BCUT2D eigenvalue weighted by atomic mass is 35.5. The molecule has 0 bridgehead atoms. The van der Waals surface area contributed by atoms with Crippen LogP contribution >= 0.6 is 11.6 Å². The number of cyclic esters (lactones) is 1. The molecule has 478 valence electrons. The minimum Gasteiger partial charge on any atom is -0.481 e. The van der Waals surface area contributed by atoms with Gasteiger partial charge < -0.3 is 93.4 Å². The number of hydrogen-bond acceptors (Lipinski definition) is 23. The van der Waals surface area contributed by atoms with E-state index in [0.717, 1.165) is 12.8 Å². The van der Waals surface area contributed by atoms with E-state index in [2.05, 4.69) is 15.8 Å². The number of rotatable bonds is 23. The topological polar surface area (TPSA) is 305 Å². The summed E-state index contributed by atoms with van der Waals surface area (Å²) in [7, 11) is 6.71. The molecule has 1 aliphatic carbocycles. The number of benzene rings is 1. The number of carboxylic acids is 1. The average molecular weight is 1210 g/mol. The fourth-order valence-corrected chi connectivity index (χ4v) is 12.8. The first-order valence-electron chi connectivity index (χ1n) is 29.6. The number of aliphatic hydroxyl groups excluding tert-OH is 2. The molecular weight excluding hydrogens is 1120 g/mol. The van der Waals surface area contributed by atoms with Crippen molar-refractivity contribution in [2.75, 3.05) is 84.7 Å². The summed E-state index contributed by atoms with van der Waals surface area (Å²) >= 11 is 6.67. The molecule has 0 aromatic heterocycles. The van der Waals surface area contributed by atoms with Gasteiger partial charge in [-0.15, -0.1) is 0 Å². The maximum Gasteiger partial charge on any atom is 0.316 e. The summed E-state index contributed by atoms with van der Waals surface area (Å²) in [6.07, 6.45) is -8.67. The molecule has 1 aromatic carbocycles. The van der Waals surface area contributed by atoms with Gasteiger partial charge in [0.2, 0.25) is 6.79 Å². The Bertz CT molecular complexity index is 2400. The summed E-state index contributed by atoms with van der Waals surface area (Å²) in [5, 5.41) is 70.2. The second-order valence-electron chi connectivity index (χ2n) is 24.6. The van der Waals surface area contributed by atoms with E-state index in [-0.39, 0.29) is 76.1 Å². The van der Waals surface area contributed by atoms with Crippen molar-refractivity contribution in [2.45, 2.75) is 204 Å². The lowest BCUT2D eigenvalue weighted by molar-refractivity contribution is -0.318. The maximum absolute atomic E-state index is 14.7. The van der Waals surface area contributed by atoms with Crippen LogP contribution in [0.5, 0.6) is 0 Å². The zero-order chi connectivity index (χ0) is 62.2. The van der Waals surface area contributed by atoms with Crippen LogP contribution in [0.4, 0.5) is 11.4 Å². The van der Waals surface area contributed by atoms with E-state index in [1.54, 1.807) is 67.5 Å². The maximum atomic E-state index is 14.7. The Morgan fingerprint density at radius 1 is 0.929 bits per heavy atom. The summed E-state index contributed by atoms with van der Waals surface area (Å²) in [5.41, 5.74) is -3.39. The number of carboxylic acid groups (broad SMARTS) is 1. The monoisotopic (exact) mass is 1210 g/mol. The van der Waals surface area contributed by atoms with E-state index in [9.17, 15) is 44.7 Å². The Hall–Kier alpha value is -3.86. The number of ether oxygens (including phenoxy) is 9. The summed E-state index contributed by atoms with van der Waals surface area (Å²) in [6.45, 7) is 18.2. The standard InChI is InChI=1S/C59H96ClN5O19/c1-15-44-59(10,74)51(69)33(4)47(63-78-30-77-23-22-75-13)31(2)27-57(8,73)52(84-56-49(68)43(64(11)12)24-32(3)79-56)34(5)50(35(6)55(72)81-44)83-46-28-58(9,76-14)53(36(7)80-46)82-45(66)18-19-61-20-21-62-41-25-38-42(26-40(41)60)65(37-16-17-37)29-39(48(38)67)54(70)71/h25-26,31-37,39,43-44,46,49-53,56,61-62,68-69,73-74H,15-24,27-30H2,1-14H3,(H,70,71)/b63-47+/t31-,32-,33+,34+,35-,36+,39?,43+,44-,46+,49-,50?,51-,52?,53+,56+,57-,58-,59-/m1/s1. The van der Waals surface area contributed by atoms with Crippen LogP contribution in [0, 0.1) is 29.6 Å². The van der Waals surface area contributed by atoms with Gasteiger partial charge in [0.25, 0.3) is 0 Å². The number of anilines is 2. The summed E-state index contributed by atoms with van der Waals surface area (Å²) in [6, 6.07) is 3.12. The Balaban J connectivity index is 1.20. The fourth-order valence-electron chi connectivity index (χ4n) is 12.6. The molecule has 5 aliphatic rings. The number of nitrogens with one attached hydrogen (secondary N) is 2. The lowest BCUT2D eigenvalue weighted by Crippen LogP contribution is -2.61. The molecule has 7 N–H and O–H groups in total. The number of likely N-dealkylation sites (N-methyl/N-ethyl adjacent to an activating group) is 1. The molecule has 84 heavy (non-hydrogen) atoms. The first-order chi connectivity index (χ1) is 39.5. The van der Waals surface area contributed by atoms with Crippen LogP contribution in [-0.4, -0.2) is 225 Å². The van der Waals surface area contributed by atoms with Gasteiger partial charge in [0.05, 0.1) is 78.1 Å². The highest BCUT2D eigenvalue weighted by Crippen LogP contribution is 2.44. The number of halogens is 1. The van der Waals surface area contributed by atoms with Crippen LogP contribution in [0.2, 0.25) is 5.02 Å². The molecule has 1 saturated carbocycles. The number of fused-ring (bicyclic) bond motifs is 1. The Morgan fingerprint density at radius 2 is 1.63 bits per heavy atom. The van der Waals surface area contributed by atoms with Crippen molar-refractivity contribution in [3.05, 3.63) is 22.7 Å². The van der Waals surface area contributed by atoms with Crippen molar-refractivity contribution in [1.29, 1.82) is 0 Å². The van der Waals surface area contributed by atoms with Crippen molar-refractivity contribution in [3.63, 3.8) is 0 Å². The van der Waals surface area contributed by atoms with Crippen LogP contribution in [0.3, 0.4) is 0 Å². The van der Waals surface area contributed by atoms with Gasteiger partial charge in [0.1, 0.15) is 29.3 Å². The van der Waals surface area contributed by atoms with Gasteiger partial charge in [0.15, 0.2) is 24.5 Å². The molecule has 0 radical (unpaired) electrons. The number of Topliss-reactive ketones (excluding diaryl/α,β-unsaturated/α-hetero) is 1. The minimum absolute atomic E-state index is 0.00999. The van der Waals surface area contributed by atoms with E-state index < -0.39 is 125 Å². The SMILES string of the molecule is CC[C@H]1OC(=O)[C@H](C)C(O[C@H]2C[C@@](C)(OC)[C@@H](OC(=O)CCNCCNc3cc4c(cc3Cl)N(C3CC3)CC(C(=O)O)C4=O)[C@H](C)O2)[C@H](C)C(O[C@@H]2O[C@H](C)C[C@H](N(C)C)[C@H]2O)[C@](C)(O)C[C@@H](C)/C(=N\OCOCCOC)[C@H](C)[C@@H](O)[C@]1(C)O. The number of nitrogens with zero attached hydrogens (tertiary/aromatic N) is 3. The number of esters is 2. The summed E-state index contributed by atoms with van der Waals surface area (Å²) in [4.78, 5) is 63.0. The van der Waals surface area contributed by atoms with Crippen molar-refractivity contribution < 1.29 is 92.2 Å². The van der Waals surface area contributed by atoms with E-state index in [0.29, 0.717) is 48.1 Å². The molecule has 24 nitrogen and oxygen atoms in total. The largest absolute Gasteiger partial charge is 0.481 e. The van der Waals surface area contributed by atoms with Crippen LogP contribution in [-0.2, 0) is 61.9 Å². The highest BCUT2D eigenvalue weighted by Gasteiger charge is 2.55. The third-order valence-corrected chi connectivity index (χ3v) is 17.9. The zero-order valence-corrected chi connectivity index (χ0v) is 52.3. The second kappa shape index (κ2) is 29.9. The quantitative estimate of drug-likeness (QED) is 0.0263. The van der Waals surface area contributed by atoms with Gasteiger partial charge in [0, 0.05) is 87.9 Å². The average Bonchev–Trinajstić information content (AvgIpc) is 4.49. The smallest absolute Gasteiger partial charge is 0.316 e. The number of carbonyl (C=O) groups excluding carboxylic acids is 3. The van der Waals surface area contributed by atoms with Gasteiger partial charge in [-0.1, -0.05) is 44.5 Å². The third-order valence-electron chi connectivity index (χ3n) is 17.6. The van der Waals surface area contributed by atoms with Crippen LogP contribution in [0.15, 0.2) is 17.3 Å². The predicted molar refractivity (Wildman–Crippen MR) is 310 cm³/mol. The van der Waals surface area contributed by atoms with Crippen molar-refractivity contribution in [1.82, 2.24) is 10.2 Å². The van der Waals surface area contributed by atoms with Gasteiger partial charge >= 0.3 is 17.9 Å². The van der Waals surface area contributed by atoms with Crippen LogP contribution in [0.1, 0.15) is 125 Å². The molecular formula is C59H96ClN5O19. The number of oxime groups is 1. The fraction of sp³-hybridized carbons (Fsp3) is 0.814. The van der Waals surface area contributed by atoms with E-state index in [4.69, 9.17) is 59.1 Å². The van der Waals surface area contributed by atoms with Crippen LogP contribution < -0.4 is 15.5 Å². The number of carbonyl (C=O) groups is 4. The molecule has 3 saturated heterocycles. The number of methoxy groups -OCH3 is 2. The first kappa shape index (κ1) is 69.2. The van der Waals surface area contributed by atoms with E-state index in [1.807, 2.05) is 30.8 Å². The van der Waals surface area contributed by atoms with Gasteiger partial charge in [-0.25, -0.2) is 0 Å². The lowest BCUT2D eigenvalue weighted by atomic mass is 9.73. The Morgan fingerprint density at radius 3 is 2.26 bits per heavy atom. The molecule has 4 heterocycles. The van der Waals surface area contributed by atoms with Gasteiger partial charge in [-0.2, -0.15) is 0 Å². The molecule has 6 rings (SSSR count). The van der Waals surface area contributed by atoms with Gasteiger partial charge in [-0.05, 0) is 99.9 Å². The Kier molecular flexibility index (Phi) is 24.6. The zero-order valence-electron chi connectivity index (χ0n) is 51.5. The van der Waals surface area contributed by atoms with E-state index in [1.165, 1.54) is 21.1 Å². The third kappa shape index (κ3) is 16.6. The molecule has 0 spiro atoms.